The molecule has 5 unspecified atom stereocenters. The molecular weight excluding hydrogens is 434 g/mol. The van der Waals surface area contributed by atoms with Gasteiger partial charge in [-0.3, -0.25) is 0 Å². The number of anilines is 1. The summed E-state index contributed by atoms with van der Waals surface area (Å²) in [5.74, 6) is 0.358. The van der Waals surface area contributed by atoms with Crippen LogP contribution >= 0.6 is 0 Å². The lowest BCUT2D eigenvalue weighted by molar-refractivity contribution is -0.277. The number of unbranched alkanes of at least 4 members (excludes halogenated alkanes) is 12. The van der Waals surface area contributed by atoms with Gasteiger partial charge >= 0.3 is 0 Å². The third kappa shape index (κ3) is 9.70. The van der Waals surface area contributed by atoms with Gasteiger partial charge < -0.3 is 35.6 Å². The Morgan fingerprint density at radius 3 is 1.91 bits per heavy atom. The van der Waals surface area contributed by atoms with Crippen LogP contribution in [0.4, 0.5) is 5.69 Å². The summed E-state index contributed by atoms with van der Waals surface area (Å²) in [4.78, 5) is 0. The number of aliphatic hydroxyl groups is 4. The monoisotopic (exact) mass is 481 g/mol. The number of hydrogen-bond donors (Lipinski definition) is 5. The standard InChI is InChI=1S/C27H47NO6/c1-2-3-4-5-6-7-8-9-10-11-12-13-14-15-20-16-17-21(28)22(18-20)33-27-26(32)25(31)24(30)23(19-29)34-27/h16-18,23-27,29-32H,2-15,19,28H2,1H3. The van der Waals surface area contributed by atoms with E-state index in [1.807, 2.05) is 12.1 Å². The van der Waals surface area contributed by atoms with E-state index in [-0.39, 0.29) is 0 Å². The van der Waals surface area contributed by atoms with Gasteiger partial charge in [0.1, 0.15) is 30.2 Å². The second kappa shape index (κ2) is 16.3. The Morgan fingerprint density at radius 1 is 0.794 bits per heavy atom. The van der Waals surface area contributed by atoms with Crippen LogP contribution in [0.25, 0.3) is 0 Å². The number of hydrogen-bond acceptors (Lipinski definition) is 7. The Morgan fingerprint density at radius 2 is 1.35 bits per heavy atom. The van der Waals surface area contributed by atoms with Crippen molar-refractivity contribution < 1.29 is 29.9 Å². The topological polar surface area (TPSA) is 125 Å². The molecule has 196 valence electrons. The molecule has 0 aliphatic carbocycles. The number of ether oxygens (including phenoxy) is 2. The third-order valence-corrected chi connectivity index (χ3v) is 6.74. The predicted octanol–water partition coefficient (Wildman–Crippen LogP) is 4.08. The number of aliphatic hydroxyl groups excluding tert-OH is 4. The fourth-order valence-corrected chi connectivity index (χ4v) is 4.47. The molecule has 1 heterocycles. The van der Waals surface area contributed by atoms with Crippen molar-refractivity contribution in [2.45, 2.75) is 128 Å². The lowest BCUT2D eigenvalue weighted by Crippen LogP contribution is -2.60. The Kier molecular flexibility index (Phi) is 13.9. The summed E-state index contributed by atoms with van der Waals surface area (Å²) in [6.45, 7) is 1.76. The number of rotatable bonds is 17. The van der Waals surface area contributed by atoms with Crippen LogP contribution in [0.5, 0.6) is 5.75 Å². The van der Waals surface area contributed by atoms with Crippen molar-refractivity contribution in [3.8, 4) is 5.75 Å². The normalized spacial score (nSPS) is 24.9. The van der Waals surface area contributed by atoms with E-state index in [0.717, 1.165) is 18.4 Å². The molecule has 1 saturated heterocycles. The molecule has 0 radical (unpaired) electrons. The summed E-state index contributed by atoms with van der Waals surface area (Å²) in [5, 5.41) is 39.4. The molecule has 1 aliphatic heterocycles. The summed E-state index contributed by atoms with van der Waals surface area (Å²) in [7, 11) is 0. The molecule has 1 aliphatic rings. The minimum Gasteiger partial charge on any atom is -0.460 e. The van der Waals surface area contributed by atoms with Gasteiger partial charge in [-0.15, -0.1) is 0 Å². The van der Waals surface area contributed by atoms with Gasteiger partial charge in [0.15, 0.2) is 0 Å². The first kappa shape index (κ1) is 28.9. The highest BCUT2D eigenvalue weighted by atomic mass is 16.7. The van der Waals surface area contributed by atoms with Gasteiger partial charge in [-0.2, -0.15) is 0 Å². The van der Waals surface area contributed by atoms with Crippen molar-refractivity contribution in [3.05, 3.63) is 23.8 Å². The second-order valence-electron chi connectivity index (χ2n) is 9.68. The van der Waals surface area contributed by atoms with Crippen molar-refractivity contribution in [2.24, 2.45) is 0 Å². The van der Waals surface area contributed by atoms with Crippen LogP contribution in [0.3, 0.4) is 0 Å². The van der Waals surface area contributed by atoms with E-state index in [2.05, 4.69) is 6.92 Å². The van der Waals surface area contributed by atoms with Crippen molar-refractivity contribution in [1.29, 1.82) is 0 Å². The minimum absolute atomic E-state index is 0.358. The number of nitrogens with two attached hydrogens (primary N) is 1. The van der Waals surface area contributed by atoms with Crippen molar-refractivity contribution in [2.75, 3.05) is 12.3 Å². The van der Waals surface area contributed by atoms with Gasteiger partial charge in [-0.1, -0.05) is 90.0 Å². The lowest BCUT2D eigenvalue weighted by atomic mass is 9.99. The Balaban J connectivity index is 1.65. The van der Waals surface area contributed by atoms with Crippen LogP contribution in [0, 0.1) is 0 Å². The van der Waals surface area contributed by atoms with Gasteiger partial charge in [0, 0.05) is 0 Å². The molecule has 0 bridgehead atoms. The van der Waals surface area contributed by atoms with Crippen LogP contribution < -0.4 is 10.5 Å². The zero-order chi connectivity index (χ0) is 24.8. The molecular formula is C27H47NO6. The first-order valence-corrected chi connectivity index (χ1v) is 13.3. The molecule has 34 heavy (non-hydrogen) atoms. The van der Waals surface area contributed by atoms with Gasteiger partial charge in [0.25, 0.3) is 0 Å². The smallest absolute Gasteiger partial charge is 0.229 e. The Hall–Kier alpha value is -1.38. The molecule has 5 atom stereocenters. The van der Waals surface area contributed by atoms with Crippen LogP contribution in [0.15, 0.2) is 18.2 Å². The quantitative estimate of drug-likeness (QED) is 0.168. The molecule has 7 nitrogen and oxygen atoms in total. The van der Waals surface area contributed by atoms with Crippen molar-refractivity contribution in [1.82, 2.24) is 0 Å². The maximum absolute atomic E-state index is 10.2. The summed E-state index contributed by atoms with van der Waals surface area (Å²) in [6, 6.07) is 5.56. The summed E-state index contributed by atoms with van der Waals surface area (Å²) < 4.78 is 11.2. The van der Waals surface area contributed by atoms with E-state index in [1.165, 1.54) is 77.0 Å². The van der Waals surface area contributed by atoms with E-state index < -0.39 is 37.3 Å². The van der Waals surface area contributed by atoms with E-state index in [9.17, 15) is 20.4 Å². The second-order valence-corrected chi connectivity index (χ2v) is 9.68. The molecule has 1 aromatic rings. The fourth-order valence-electron chi connectivity index (χ4n) is 4.47. The highest BCUT2D eigenvalue weighted by Gasteiger charge is 2.44. The first-order chi connectivity index (χ1) is 16.5. The largest absolute Gasteiger partial charge is 0.460 e. The minimum atomic E-state index is -1.48. The summed E-state index contributed by atoms with van der Waals surface area (Å²) in [5.41, 5.74) is 7.51. The van der Waals surface area contributed by atoms with Gasteiger partial charge in [0.2, 0.25) is 6.29 Å². The highest BCUT2D eigenvalue weighted by molar-refractivity contribution is 5.54. The molecule has 0 saturated carbocycles. The summed E-state index contributed by atoms with van der Waals surface area (Å²) in [6.07, 6.45) is 11.4. The SMILES string of the molecule is CCCCCCCCCCCCCCCc1ccc(N)c(OC2OC(CO)C(O)C(O)C2O)c1. The van der Waals surface area contributed by atoms with E-state index in [1.54, 1.807) is 6.07 Å². The molecule has 0 aromatic heterocycles. The molecule has 1 aromatic carbocycles. The predicted molar refractivity (Wildman–Crippen MR) is 135 cm³/mol. The zero-order valence-electron chi connectivity index (χ0n) is 20.9. The molecule has 0 spiro atoms. The number of benzene rings is 1. The number of aryl methyl sites for hydroxylation is 1. The average molecular weight is 482 g/mol. The van der Waals surface area contributed by atoms with Crippen LogP contribution in [-0.4, -0.2) is 57.7 Å². The van der Waals surface area contributed by atoms with Crippen molar-refractivity contribution in [3.63, 3.8) is 0 Å². The molecule has 7 heteroatoms. The van der Waals surface area contributed by atoms with E-state index in [0.29, 0.717) is 11.4 Å². The number of nitrogen functional groups attached to an aromatic ring is 1. The molecule has 6 N–H and O–H groups in total. The van der Waals surface area contributed by atoms with E-state index in [4.69, 9.17) is 15.2 Å². The zero-order valence-corrected chi connectivity index (χ0v) is 20.9. The van der Waals surface area contributed by atoms with Gasteiger partial charge in [-0.25, -0.2) is 0 Å². The maximum atomic E-state index is 10.2. The third-order valence-electron chi connectivity index (χ3n) is 6.74. The average Bonchev–Trinajstić information content (AvgIpc) is 2.84. The fraction of sp³-hybridized carbons (Fsp3) is 0.778. The van der Waals surface area contributed by atoms with Crippen LogP contribution in [0.1, 0.15) is 96.0 Å². The molecule has 0 amide bonds. The molecule has 2 rings (SSSR count). The van der Waals surface area contributed by atoms with Crippen molar-refractivity contribution >= 4 is 5.69 Å². The first-order valence-electron chi connectivity index (χ1n) is 13.3. The van der Waals surface area contributed by atoms with Crippen LogP contribution in [-0.2, 0) is 11.2 Å². The van der Waals surface area contributed by atoms with Crippen LogP contribution in [0.2, 0.25) is 0 Å². The maximum Gasteiger partial charge on any atom is 0.229 e. The van der Waals surface area contributed by atoms with E-state index >= 15 is 0 Å². The summed E-state index contributed by atoms with van der Waals surface area (Å²) >= 11 is 0. The highest BCUT2D eigenvalue weighted by Crippen LogP contribution is 2.29. The van der Waals surface area contributed by atoms with Gasteiger partial charge in [0.05, 0.1) is 12.3 Å². The molecule has 1 fully saturated rings. The lowest BCUT2D eigenvalue weighted by Gasteiger charge is -2.39. The Bertz CT molecular complexity index is 671. The Labute approximate surface area is 205 Å². The van der Waals surface area contributed by atoms with Gasteiger partial charge in [-0.05, 0) is 30.5 Å².